The highest BCUT2D eigenvalue weighted by atomic mass is 16.5. The van der Waals surface area contributed by atoms with Crippen molar-refractivity contribution in [2.24, 2.45) is 22.7 Å². The third-order valence-electron chi connectivity index (χ3n) is 7.19. The van der Waals surface area contributed by atoms with E-state index in [0.29, 0.717) is 13.0 Å². The lowest BCUT2D eigenvalue weighted by atomic mass is 9.45. The highest BCUT2D eigenvalue weighted by Gasteiger charge is 2.63. The van der Waals surface area contributed by atoms with Crippen LogP contribution in [0.15, 0.2) is 23.3 Å². The van der Waals surface area contributed by atoms with Gasteiger partial charge in [0, 0.05) is 6.08 Å². The molecule has 3 rings (SSSR count). The lowest BCUT2D eigenvalue weighted by Crippen LogP contribution is -2.61. The molecular weight excluding hydrogens is 320 g/mol. The van der Waals surface area contributed by atoms with Crippen molar-refractivity contribution in [2.75, 3.05) is 6.61 Å². The van der Waals surface area contributed by atoms with E-state index in [1.54, 1.807) is 6.08 Å². The minimum Gasteiger partial charge on any atom is -0.481 e. The Morgan fingerprint density at radius 3 is 2.76 bits per heavy atom. The number of carbonyl (C=O) groups excluding carboxylic acids is 1. The van der Waals surface area contributed by atoms with Gasteiger partial charge in [-0.3, -0.25) is 4.79 Å². The molecular formula is C20H28O5. The highest BCUT2D eigenvalue weighted by molar-refractivity contribution is 5.85. The summed E-state index contributed by atoms with van der Waals surface area (Å²) < 4.78 is 4.99. The standard InChI is InChI=1S/C20H28O5/c1-12-5-4-6-15-19(3,8-7-14-10-17(22)25-11-14)13(2)9-16(21)20(12,15)18(23)24/h5,10,13,15-16,21H,4,6-9,11H2,1-3H3,(H,23,24)/t13-,15-,16+,19+,20-/m1/s1. The molecule has 2 aliphatic carbocycles. The van der Waals surface area contributed by atoms with Crippen LogP contribution in [0.5, 0.6) is 0 Å². The summed E-state index contributed by atoms with van der Waals surface area (Å²) in [7, 11) is 0. The van der Waals surface area contributed by atoms with Crippen LogP contribution in [0.1, 0.15) is 52.9 Å². The van der Waals surface area contributed by atoms with Gasteiger partial charge in [0.25, 0.3) is 0 Å². The largest absolute Gasteiger partial charge is 0.481 e. The molecule has 0 aromatic heterocycles. The molecule has 0 saturated heterocycles. The van der Waals surface area contributed by atoms with Crippen molar-refractivity contribution in [3.63, 3.8) is 0 Å². The fourth-order valence-electron chi connectivity index (χ4n) is 5.49. The second-order valence-corrected chi connectivity index (χ2v) is 8.26. The monoisotopic (exact) mass is 348 g/mol. The van der Waals surface area contributed by atoms with Crippen molar-refractivity contribution >= 4 is 11.9 Å². The molecule has 1 aliphatic heterocycles. The average Bonchev–Trinajstić information content (AvgIpc) is 2.96. The van der Waals surface area contributed by atoms with Crippen LogP contribution in [0.4, 0.5) is 0 Å². The minimum atomic E-state index is -1.18. The number of esters is 1. The van der Waals surface area contributed by atoms with Gasteiger partial charge in [0.1, 0.15) is 12.0 Å². The Morgan fingerprint density at radius 1 is 1.44 bits per heavy atom. The van der Waals surface area contributed by atoms with Gasteiger partial charge in [-0.25, -0.2) is 4.79 Å². The van der Waals surface area contributed by atoms with E-state index in [0.717, 1.165) is 36.8 Å². The number of rotatable bonds is 4. The number of hydrogen-bond acceptors (Lipinski definition) is 4. The summed E-state index contributed by atoms with van der Waals surface area (Å²) >= 11 is 0. The van der Waals surface area contributed by atoms with Gasteiger partial charge in [-0.05, 0) is 61.9 Å². The zero-order valence-electron chi connectivity index (χ0n) is 15.2. The molecule has 25 heavy (non-hydrogen) atoms. The fourth-order valence-corrected chi connectivity index (χ4v) is 5.49. The van der Waals surface area contributed by atoms with Gasteiger partial charge < -0.3 is 14.9 Å². The fraction of sp³-hybridized carbons (Fsp3) is 0.700. The first-order valence-electron chi connectivity index (χ1n) is 9.17. The number of carboxylic acids is 1. The van der Waals surface area contributed by atoms with Gasteiger partial charge in [-0.2, -0.15) is 0 Å². The van der Waals surface area contributed by atoms with Gasteiger partial charge in [-0.15, -0.1) is 0 Å². The Hall–Kier alpha value is -1.62. The second-order valence-electron chi connectivity index (χ2n) is 8.26. The average molecular weight is 348 g/mol. The first-order valence-corrected chi connectivity index (χ1v) is 9.17. The van der Waals surface area contributed by atoms with E-state index in [1.807, 2.05) is 13.0 Å². The number of aliphatic hydroxyl groups is 1. The molecule has 0 aromatic rings. The number of aliphatic carboxylic acids is 1. The van der Waals surface area contributed by atoms with E-state index in [2.05, 4.69) is 13.8 Å². The summed E-state index contributed by atoms with van der Waals surface area (Å²) in [4.78, 5) is 23.6. The van der Waals surface area contributed by atoms with Gasteiger partial charge in [0.2, 0.25) is 0 Å². The second kappa shape index (κ2) is 6.27. The van der Waals surface area contributed by atoms with Gasteiger partial charge >= 0.3 is 11.9 Å². The van der Waals surface area contributed by atoms with Crippen molar-refractivity contribution in [1.29, 1.82) is 0 Å². The molecule has 5 atom stereocenters. The molecule has 1 saturated carbocycles. The summed E-state index contributed by atoms with van der Waals surface area (Å²) in [5.74, 6) is -1.09. The quantitative estimate of drug-likeness (QED) is 0.602. The van der Waals surface area contributed by atoms with E-state index < -0.39 is 17.5 Å². The molecule has 3 aliphatic rings. The van der Waals surface area contributed by atoms with Crippen molar-refractivity contribution in [1.82, 2.24) is 0 Å². The van der Waals surface area contributed by atoms with Crippen molar-refractivity contribution in [3.8, 4) is 0 Å². The Balaban J connectivity index is 1.95. The molecule has 0 bridgehead atoms. The predicted molar refractivity (Wildman–Crippen MR) is 92.7 cm³/mol. The van der Waals surface area contributed by atoms with Crippen molar-refractivity contribution in [2.45, 2.75) is 59.0 Å². The lowest BCUT2D eigenvalue weighted by Gasteiger charge is -2.59. The Bertz CT molecular complexity index is 648. The molecule has 138 valence electrons. The molecule has 1 heterocycles. The van der Waals surface area contributed by atoms with Gasteiger partial charge in [0.15, 0.2) is 0 Å². The molecule has 5 nitrogen and oxygen atoms in total. The molecule has 0 radical (unpaired) electrons. The number of carboxylic acid groups (broad SMARTS) is 1. The lowest BCUT2D eigenvalue weighted by molar-refractivity contribution is -0.181. The summed E-state index contributed by atoms with van der Waals surface area (Å²) in [5, 5.41) is 20.9. The van der Waals surface area contributed by atoms with E-state index in [-0.39, 0.29) is 23.2 Å². The van der Waals surface area contributed by atoms with E-state index >= 15 is 0 Å². The summed E-state index contributed by atoms with van der Waals surface area (Å²) in [6.45, 7) is 6.49. The number of fused-ring (bicyclic) bond motifs is 1. The van der Waals surface area contributed by atoms with Crippen LogP contribution in [0, 0.1) is 22.7 Å². The summed E-state index contributed by atoms with van der Waals surface area (Å²) in [6, 6.07) is 0. The summed E-state index contributed by atoms with van der Waals surface area (Å²) in [5.41, 5.74) is 0.379. The molecule has 2 N–H and O–H groups in total. The zero-order chi connectivity index (χ0) is 18.4. The van der Waals surface area contributed by atoms with E-state index in [4.69, 9.17) is 4.74 Å². The molecule has 1 fully saturated rings. The number of aliphatic hydroxyl groups excluding tert-OH is 1. The number of hydrogen-bond donors (Lipinski definition) is 2. The number of ether oxygens (including phenoxy) is 1. The van der Waals surface area contributed by atoms with E-state index in [9.17, 15) is 19.8 Å². The van der Waals surface area contributed by atoms with Crippen LogP contribution in [0.2, 0.25) is 0 Å². The highest BCUT2D eigenvalue weighted by Crippen LogP contribution is 2.62. The Labute approximate surface area is 148 Å². The predicted octanol–water partition coefficient (Wildman–Crippen LogP) is 3.08. The third-order valence-corrected chi connectivity index (χ3v) is 7.19. The normalized spacial score (nSPS) is 40.8. The van der Waals surface area contributed by atoms with Gasteiger partial charge in [-0.1, -0.05) is 25.5 Å². The topological polar surface area (TPSA) is 83.8 Å². The van der Waals surface area contributed by atoms with Crippen LogP contribution in [-0.4, -0.2) is 34.9 Å². The Morgan fingerprint density at radius 2 is 2.16 bits per heavy atom. The molecule has 0 aromatic carbocycles. The SMILES string of the molecule is CC1=CCC[C@@H]2[C@@](C)(CCC3=CC(=O)OC3)[C@H](C)C[C@H](O)[C@@]12C(=O)O. The van der Waals surface area contributed by atoms with Crippen molar-refractivity contribution < 1.29 is 24.5 Å². The van der Waals surface area contributed by atoms with Crippen LogP contribution in [0.25, 0.3) is 0 Å². The maximum Gasteiger partial charge on any atom is 0.331 e. The van der Waals surface area contributed by atoms with Crippen LogP contribution < -0.4 is 0 Å². The molecule has 0 unspecified atom stereocenters. The van der Waals surface area contributed by atoms with Gasteiger partial charge in [0.05, 0.1) is 6.10 Å². The molecule has 5 heteroatoms. The Kier molecular flexibility index (Phi) is 4.56. The van der Waals surface area contributed by atoms with Crippen molar-refractivity contribution in [3.05, 3.63) is 23.3 Å². The minimum absolute atomic E-state index is 0.111. The number of allylic oxidation sites excluding steroid dienone is 1. The maximum atomic E-state index is 12.4. The van der Waals surface area contributed by atoms with Crippen LogP contribution in [0.3, 0.4) is 0 Å². The first-order chi connectivity index (χ1) is 11.7. The number of cyclic esters (lactones) is 1. The first kappa shape index (κ1) is 18.2. The molecule has 0 spiro atoms. The smallest absolute Gasteiger partial charge is 0.331 e. The zero-order valence-corrected chi connectivity index (χ0v) is 15.2. The number of carbonyl (C=O) groups is 2. The summed E-state index contributed by atoms with van der Waals surface area (Å²) in [6.07, 6.45) is 6.33. The van der Waals surface area contributed by atoms with Crippen LogP contribution >= 0.6 is 0 Å². The molecule has 0 amide bonds. The third kappa shape index (κ3) is 2.64. The maximum absolute atomic E-state index is 12.4. The van der Waals surface area contributed by atoms with Crippen LogP contribution in [-0.2, 0) is 14.3 Å². The van der Waals surface area contributed by atoms with E-state index in [1.165, 1.54) is 0 Å².